The first-order valence-electron chi connectivity index (χ1n) is 6.62. The molecule has 0 aliphatic carbocycles. The molecule has 5 nitrogen and oxygen atoms in total. The molecule has 0 radical (unpaired) electrons. The fourth-order valence-corrected chi connectivity index (χ4v) is 2.10. The molecule has 0 spiro atoms. The quantitative estimate of drug-likeness (QED) is 0.766. The first-order chi connectivity index (χ1) is 9.19. The number of carbonyl (C=O) groups is 1. The van der Waals surface area contributed by atoms with E-state index in [1.807, 2.05) is 31.2 Å². The molecule has 2 rings (SSSR count). The van der Waals surface area contributed by atoms with E-state index in [4.69, 9.17) is 10.5 Å². The topological polar surface area (TPSA) is 76.4 Å². The minimum absolute atomic E-state index is 0.0332. The zero-order valence-corrected chi connectivity index (χ0v) is 11.2. The zero-order chi connectivity index (χ0) is 13.7. The minimum atomic E-state index is -0.147. The predicted molar refractivity (Wildman–Crippen MR) is 73.6 cm³/mol. The second kappa shape index (κ2) is 6.54. The Morgan fingerprint density at radius 1 is 1.47 bits per heavy atom. The maximum atomic E-state index is 11.8. The van der Waals surface area contributed by atoms with Crippen LogP contribution in [-0.2, 0) is 11.3 Å². The Kier molecular flexibility index (Phi) is 4.76. The summed E-state index contributed by atoms with van der Waals surface area (Å²) in [5.74, 6) is 0. The summed E-state index contributed by atoms with van der Waals surface area (Å²) in [6, 6.07) is 7.90. The third-order valence-corrected chi connectivity index (χ3v) is 3.33. The molecule has 1 heterocycles. The van der Waals surface area contributed by atoms with Crippen molar-refractivity contribution in [2.75, 3.05) is 13.2 Å². The standard InChI is InChI=1S/C14H21N3O2/c1-10(12-4-2-11(8-15)3-5-12)16-14(18)17-13-6-7-19-9-13/h2-5,10,13H,6-9,15H2,1H3,(H2,16,17,18). The molecule has 1 saturated heterocycles. The van der Waals surface area contributed by atoms with Crippen molar-refractivity contribution >= 4 is 6.03 Å². The van der Waals surface area contributed by atoms with Gasteiger partial charge in [0, 0.05) is 13.2 Å². The number of ether oxygens (including phenoxy) is 1. The first kappa shape index (κ1) is 13.8. The van der Waals surface area contributed by atoms with E-state index < -0.39 is 0 Å². The van der Waals surface area contributed by atoms with Crippen molar-refractivity contribution in [1.82, 2.24) is 10.6 Å². The van der Waals surface area contributed by atoms with Crippen molar-refractivity contribution in [2.45, 2.75) is 32.0 Å². The number of benzene rings is 1. The summed E-state index contributed by atoms with van der Waals surface area (Å²) in [4.78, 5) is 11.8. The highest BCUT2D eigenvalue weighted by molar-refractivity contribution is 5.74. The average molecular weight is 263 g/mol. The summed E-state index contributed by atoms with van der Waals surface area (Å²) in [6.07, 6.45) is 0.882. The van der Waals surface area contributed by atoms with Gasteiger partial charge in [-0.2, -0.15) is 0 Å². The lowest BCUT2D eigenvalue weighted by Crippen LogP contribution is -2.43. The van der Waals surface area contributed by atoms with Gasteiger partial charge in [-0.15, -0.1) is 0 Å². The van der Waals surface area contributed by atoms with Crippen LogP contribution in [0.1, 0.15) is 30.5 Å². The van der Waals surface area contributed by atoms with Crippen LogP contribution in [0.15, 0.2) is 24.3 Å². The maximum absolute atomic E-state index is 11.8. The van der Waals surface area contributed by atoms with Gasteiger partial charge in [-0.05, 0) is 24.5 Å². The predicted octanol–water partition coefficient (Wildman–Crippen LogP) is 1.29. The number of nitrogens with two attached hydrogens (primary N) is 1. The monoisotopic (exact) mass is 263 g/mol. The number of amides is 2. The highest BCUT2D eigenvalue weighted by Crippen LogP contribution is 2.13. The van der Waals surface area contributed by atoms with Crippen LogP contribution < -0.4 is 16.4 Å². The Bertz CT molecular complexity index is 413. The SMILES string of the molecule is CC(NC(=O)NC1CCOC1)c1ccc(CN)cc1. The van der Waals surface area contributed by atoms with Gasteiger partial charge >= 0.3 is 6.03 Å². The van der Waals surface area contributed by atoms with Gasteiger partial charge in [-0.1, -0.05) is 24.3 Å². The molecule has 19 heavy (non-hydrogen) atoms. The molecule has 1 aromatic rings. The average Bonchev–Trinajstić information content (AvgIpc) is 2.91. The van der Waals surface area contributed by atoms with Crippen molar-refractivity contribution < 1.29 is 9.53 Å². The number of rotatable bonds is 4. The lowest BCUT2D eigenvalue weighted by molar-refractivity contribution is 0.188. The highest BCUT2D eigenvalue weighted by Gasteiger charge is 2.18. The zero-order valence-electron chi connectivity index (χ0n) is 11.2. The summed E-state index contributed by atoms with van der Waals surface area (Å²) in [7, 11) is 0. The third kappa shape index (κ3) is 3.94. The third-order valence-electron chi connectivity index (χ3n) is 3.33. The van der Waals surface area contributed by atoms with Gasteiger partial charge in [0.15, 0.2) is 0 Å². The van der Waals surface area contributed by atoms with Crippen molar-refractivity contribution in [3.63, 3.8) is 0 Å². The molecule has 2 unspecified atom stereocenters. The van der Waals surface area contributed by atoms with Crippen LogP contribution in [0.25, 0.3) is 0 Å². The first-order valence-corrected chi connectivity index (χ1v) is 6.62. The summed E-state index contributed by atoms with van der Waals surface area (Å²) in [5, 5.41) is 5.83. The van der Waals surface area contributed by atoms with E-state index in [-0.39, 0.29) is 18.1 Å². The Hall–Kier alpha value is -1.59. The molecule has 4 N–H and O–H groups in total. The number of carbonyl (C=O) groups excluding carboxylic acids is 1. The molecule has 2 amide bonds. The second-order valence-corrected chi connectivity index (χ2v) is 4.85. The van der Waals surface area contributed by atoms with Gasteiger partial charge < -0.3 is 21.1 Å². The summed E-state index contributed by atoms with van der Waals surface area (Å²) in [6.45, 7) is 3.82. The summed E-state index contributed by atoms with van der Waals surface area (Å²) < 4.78 is 5.22. The lowest BCUT2D eigenvalue weighted by Gasteiger charge is -2.17. The van der Waals surface area contributed by atoms with Crippen LogP contribution in [0.3, 0.4) is 0 Å². The molecule has 1 aromatic carbocycles. The lowest BCUT2D eigenvalue weighted by atomic mass is 10.1. The van der Waals surface area contributed by atoms with E-state index in [0.717, 1.165) is 24.2 Å². The van der Waals surface area contributed by atoms with Gasteiger partial charge in [0.1, 0.15) is 0 Å². The number of hydrogen-bond donors (Lipinski definition) is 3. The number of urea groups is 1. The van der Waals surface area contributed by atoms with Crippen molar-refractivity contribution in [2.24, 2.45) is 5.73 Å². The van der Waals surface area contributed by atoms with E-state index in [2.05, 4.69) is 10.6 Å². The van der Waals surface area contributed by atoms with Crippen LogP contribution in [0.4, 0.5) is 4.79 Å². The molecular formula is C14H21N3O2. The fourth-order valence-electron chi connectivity index (χ4n) is 2.10. The Morgan fingerprint density at radius 3 is 2.79 bits per heavy atom. The molecule has 1 aliphatic rings. The van der Waals surface area contributed by atoms with Gasteiger partial charge in [0.05, 0.1) is 18.7 Å². The molecule has 0 bridgehead atoms. The van der Waals surface area contributed by atoms with Gasteiger partial charge in [0.25, 0.3) is 0 Å². The van der Waals surface area contributed by atoms with Crippen LogP contribution >= 0.6 is 0 Å². The van der Waals surface area contributed by atoms with E-state index in [0.29, 0.717) is 13.2 Å². The van der Waals surface area contributed by atoms with Crippen molar-refractivity contribution in [3.05, 3.63) is 35.4 Å². The minimum Gasteiger partial charge on any atom is -0.379 e. The number of hydrogen-bond acceptors (Lipinski definition) is 3. The van der Waals surface area contributed by atoms with Gasteiger partial charge in [0.2, 0.25) is 0 Å². The van der Waals surface area contributed by atoms with Crippen LogP contribution in [-0.4, -0.2) is 25.3 Å². The molecular weight excluding hydrogens is 242 g/mol. The Labute approximate surface area is 113 Å². The van der Waals surface area contributed by atoms with Crippen LogP contribution in [0.2, 0.25) is 0 Å². The Morgan fingerprint density at radius 2 is 2.21 bits per heavy atom. The molecule has 0 aromatic heterocycles. The second-order valence-electron chi connectivity index (χ2n) is 4.85. The van der Waals surface area contributed by atoms with E-state index in [1.165, 1.54) is 0 Å². The normalized spacial score (nSPS) is 20.0. The summed E-state index contributed by atoms with van der Waals surface area (Å²) >= 11 is 0. The van der Waals surface area contributed by atoms with Crippen molar-refractivity contribution in [3.8, 4) is 0 Å². The molecule has 1 fully saturated rings. The van der Waals surface area contributed by atoms with Crippen molar-refractivity contribution in [1.29, 1.82) is 0 Å². The fraction of sp³-hybridized carbons (Fsp3) is 0.500. The van der Waals surface area contributed by atoms with E-state index in [1.54, 1.807) is 0 Å². The smallest absolute Gasteiger partial charge is 0.315 e. The molecule has 0 saturated carbocycles. The molecule has 5 heteroatoms. The Balaban J connectivity index is 1.84. The van der Waals surface area contributed by atoms with Crippen LogP contribution in [0, 0.1) is 0 Å². The largest absolute Gasteiger partial charge is 0.379 e. The van der Waals surface area contributed by atoms with Gasteiger partial charge in [-0.3, -0.25) is 0 Å². The molecule has 1 aliphatic heterocycles. The maximum Gasteiger partial charge on any atom is 0.315 e. The molecule has 104 valence electrons. The van der Waals surface area contributed by atoms with E-state index >= 15 is 0 Å². The van der Waals surface area contributed by atoms with E-state index in [9.17, 15) is 4.79 Å². The van der Waals surface area contributed by atoms with Crippen LogP contribution in [0.5, 0.6) is 0 Å². The molecule has 2 atom stereocenters. The highest BCUT2D eigenvalue weighted by atomic mass is 16.5. The summed E-state index contributed by atoms with van der Waals surface area (Å²) in [5.41, 5.74) is 7.71. The number of nitrogens with one attached hydrogen (secondary N) is 2. The van der Waals surface area contributed by atoms with Gasteiger partial charge in [-0.25, -0.2) is 4.79 Å².